The van der Waals surface area contributed by atoms with Gasteiger partial charge in [-0.2, -0.15) is 0 Å². The van der Waals surface area contributed by atoms with Crippen molar-refractivity contribution >= 4 is 16.5 Å². The Morgan fingerprint density at radius 3 is 2.68 bits per heavy atom. The number of likely N-dealkylation sites (N-methyl/N-ethyl adjacent to an activating group) is 1. The molecule has 0 radical (unpaired) electrons. The van der Waals surface area contributed by atoms with Crippen LogP contribution in [0.1, 0.15) is 43.9 Å². The normalized spacial score (nSPS) is 21.4. The van der Waals surface area contributed by atoms with Crippen LogP contribution < -0.4 is 4.90 Å². The molecule has 1 aliphatic heterocycles. The third-order valence-electron chi connectivity index (χ3n) is 3.96. The van der Waals surface area contributed by atoms with Crippen LogP contribution in [0.2, 0.25) is 0 Å². The molecule has 0 saturated carbocycles. The van der Waals surface area contributed by atoms with E-state index in [0.29, 0.717) is 6.04 Å². The number of aromatic nitrogens is 1. The van der Waals surface area contributed by atoms with Crippen LogP contribution in [0.4, 0.5) is 5.13 Å². The lowest BCUT2D eigenvalue weighted by atomic mass is 10.2. The molecule has 1 N–H and O–H groups in total. The summed E-state index contributed by atoms with van der Waals surface area (Å²) >= 11 is 1.64. The minimum atomic E-state index is -0.410. The number of hydrogen-bond donors (Lipinski definition) is 1. The van der Waals surface area contributed by atoms with E-state index < -0.39 is 6.10 Å². The summed E-state index contributed by atoms with van der Waals surface area (Å²) in [5.41, 5.74) is 0.973. The van der Waals surface area contributed by atoms with E-state index in [2.05, 4.69) is 28.6 Å². The Balaban J connectivity index is 2.06. The lowest BCUT2D eigenvalue weighted by Gasteiger charge is -2.25. The van der Waals surface area contributed by atoms with Crippen molar-refractivity contribution in [2.24, 2.45) is 0 Å². The van der Waals surface area contributed by atoms with Gasteiger partial charge in [0.2, 0.25) is 0 Å². The summed E-state index contributed by atoms with van der Waals surface area (Å²) in [6.45, 7) is 12.6. The Hall–Kier alpha value is -0.650. The number of nitrogens with zero attached hydrogens (tertiary/aromatic N) is 3. The van der Waals surface area contributed by atoms with Gasteiger partial charge in [-0.3, -0.25) is 4.90 Å². The predicted molar refractivity (Wildman–Crippen MR) is 81.0 cm³/mol. The molecule has 1 fully saturated rings. The van der Waals surface area contributed by atoms with Crippen molar-refractivity contribution in [3.05, 3.63) is 10.6 Å². The zero-order valence-electron chi connectivity index (χ0n) is 12.4. The Morgan fingerprint density at radius 1 is 1.47 bits per heavy atom. The number of hydrogen-bond acceptors (Lipinski definition) is 5. The predicted octanol–water partition coefficient (Wildman–Crippen LogP) is 2.43. The number of thiazole rings is 1. The second-order valence-corrected chi connectivity index (χ2v) is 6.24. The summed E-state index contributed by atoms with van der Waals surface area (Å²) in [5.74, 6) is 0. The fourth-order valence-electron chi connectivity index (χ4n) is 2.87. The minimum Gasteiger partial charge on any atom is -0.388 e. The first-order valence-electron chi connectivity index (χ1n) is 7.21. The van der Waals surface area contributed by atoms with E-state index in [1.807, 2.05) is 13.8 Å². The van der Waals surface area contributed by atoms with Gasteiger partial charge >= 0.3 is 0 Å². The SMILES string of the molecule is CCN(CC)C1CCN(c2nc(C)c(C(C)O)s2)C1. The topological polar surface area (TPSA) is 39.6 Å². The monoisotopic (exact) mass is 283 g/mol. The molecule has 0 aliphatic carbocycles. The molecule has 0 amide bonds. The molecule has 19 heavy (non-hydrogen) atoms. The summed E-state index contributed by atoms with van der Waals surface area (Å²) in [6.07, 6.45) is 0.803. The molecular weight excluding hydrogens is 258 g/mol. The van der Waals surface area contributed by atoms with Crippen molar-refractivity contribution in [2.75, 3.05) is 31.1 Å². The summed E-state index contributed by atoms with van der Waals surface area (Å²) in [4.78, 5) is 10.5. The zero-order chi connectivity index (χ0) is 14.0. The maximum absolute atomic E-state index is 9.72. The highest BCUT2D eigenvalue weighted by molar-refractivity contribution is 7.15. The zero-order valence-corrected chi connectivity index (χ0v) is 13.2. The Kier molecular flexibility index (Phi) is 4.81. The Labute approximate surface area is 120 Å². The standard InChI is InChI=1S/C14H25N3OS/c1-5-16(6-2)12-7-8-17(9-12)14-15-10(3)13(19-14)11(4)18/h11-12,18H,5-9H2,1-4H3. The average molecular weight is 283 g/mol. The number of aliphatic hydroxyl groups excluding tert-OH is 1. The van der Waals surface area contributed by atoms with Gasteiger partial charge in [-0.25, -0.2) is 4.98 Å². The summed E-state index contributed by atoms with van der Waals surface area (Å²) in [6, 6.07) is 0.647. The van der Waals surface area contributed by atoms with Gasteiger partial charge < -0.3 is 10.0 Å². The fraction of sp³-hybridized carbons (Fsp3) is 0.786. The van der Waals surface area contributed by atoms with Gasteiger partial charge in [0.25, 0.3) is 0 Å². The van der Waals surface area contributed by atoms with E-state index in [4.69, 9.17) is 0 Å². The van der Waals surface area contributed by atoms with Gasteiger partial charge in [0.15, 0.2) is 5.13 Å². The molecule has 5 heteroatoms. The van der Waals surface area contributed by atoms with Crippen LogP contribution in [0, 0.1) is 6.92 Å². The van der Waals surface area contributed by atoms with Crippen molar-refractivity contribution in [1.82, 2.24) is 9.88 Å². The van der Waals surface area contributed by atoms with Crippen LogP contribution in [0.25, 0.3) is 0 Å². The van der Waals surface area contributed by atoms with E-state index >= 15 is 0 Å². The Morgan fingerprint density at radius 2 is 2.16 bits per heavy atom. The van der Waals surface area contributed by atoms with E-state index in [9.17, 15) is 5.11 Å². The van der Waals surface area contributed by atoms with Crippen molar-refractivity contribution in [2.45, 2.75) is 46.3 Å². The second-order valence-electron chi connectivity index (χ2n) is 5.23. The molecule has 1 aromatic rings. The van der Waals surface area contributed by atoms with Crippen LogP contribution in [0.3, 0.4) is 0 Å². The largest absolute Gasteiger partial charge is 0.388 e. The summed E-state index contributed by atoms with van der Waals surface area (Å²) in [5, 5.41) is 10.8. The molecule has 2 heterocycles. The average Bonchev–Trinajstić information content (AvgIpc) is 2.97. The quantitative estimate of drug-likeness (QED) is 0.901. The maximum atomic E-state index is 9.72. The van der Waals surface area contributed by atoms with E-state index in [0.717, 1.165) is 41.9 Å². The van der Waals surface area contributed by atoms with Crippen LogP contribution in [-0.2, 0) is 0 Å². The van der Waals surface area contributed by atoms with E-state index in [1.165, 1.54) is 6.42 Å². The van der Waals surface area contributed by atoms with Gasteiger partial charge in [0, 0.05) is 19.1 Å². The van der Waals surface area contributed by atoms with Gasteiger partial charge in [0.05, 0.1) is 16.7 Å². The van der Waals surface area contributed by atoms with Gasteiger partial charge in [-0.1, -0.05) is 25.2 Å². The molecular formula is C14H25N3OS. The highest BCUT2D eigenvalue weighted by atomic mass is 32.1. The first-order valence-corrected chi connectivity index (χ1v) is 8.02. The summed E-state index contributed by atoms with van der Waals surface area (Å²) < 4.78 is 0. The molecule has 2 rings (SSSR count). The first kappa shape index (κ1) is 14.8. The molecule has 0 bridgehead atoms. The molecule has 0 spiro atoms. The van der Waals surface area contributed by atoms with Crippen LogP contribution in [0.5, 0.6) is 0 Å². The smallest absolute Gasteiger partial charge is 0.185 e. The third-order valence-corrected chi connectivity index (χ3v) is 5.35. The first-order chi connectivity index (χ1) is 9.06. The highest BCUT2D eigenvalue weighted by Crippen LogP contribution is 2.32. The molecule has 4 nitrogen and oxygen atoms in total. The van der Waals surface area contributed by atoms with Crippen molar-refractivity contribution in [3.63, 3.8) is 0 Å². The third kappa shape index (κ3) is 3.09. The van der Waals surface area contributed by atoms with Crippen LogP contribution in [-0.4, -0.2) is 47.2 Å². The molecule has 2 unspecified atom stereocenters. The molecule has 1 aliphatic rings. The molecule has 0 aromatic carbocycles. The van der Waals surface area contributed by atoms with Crippen molar-refractivity contribution in [3.8, 4) is 0 Å². The van der Waals surface area contributed by atoms with Crippen LogP contribution >= 0.6 is 11.3 Å². The van der Waals surface area contributed by atoms with Crippen LogP contribution in [0.15, 0.2) is 0 Å². The lowest BCUT2D eigenvalue weighted by molar-refractivity contribution is 0.202. The molecule has 2 atom stereocenters. The van der Waals surface area contributed by atoms with Gasteiger partial charge in [-0.15, -0.1) is 0 Å². The summed E-state index contributed by atoms with van der Waals surface area (Å²) in [7, 11) is 0. The second kappa shape index (κ2) is 6.20. The van der Waals surface area contributed by atoms with Gasteiger partial charge in [-0.05, 0) is 33.4 Å². The molecule has 1 aromatic heterocycles. The maximum Gasteiger partial charge on any atom is 0.185 e. The van der Waals surface area contributed by atoms with Crippen molar-refractivity contribution in [1.29, 1.82) is 0 Å². The molecule has 1 saturated heterocycles. The van der Waals surface area contributed by atoms with Gasteiger partial charge in [0.1, 0.15) is 0 Å². The number of rotatable bonds is 5. The molecule has 108 valence electrons. The van der Waals surface area contributed by atoms with E-state index in [-0.39, 0.29) is 0 Å². The fourth-order valence-corrected chi connectivity index (χ4v) is 3.91. The highest BCUT2D eigenvalue weighted by Gasteiger charge is 2.28. The van der Waals surface area contributed by atoms with E-state index in [1.54, 1.807) is 11.3 Å². The Bertz CT molecular complexity index is 415. The number of anilines is 1. The lowest BCUT2D eigenvalue weighted by Crippen LogP contribution is -2.37. The number of aliphatic hydroxyl groups is 1. The van der Waals surface area contributed by atoms with Crippen molar-refractivity contribution < 1.29 is 5.11 Å². The number of aryl methyl sites for hydroxylation is 1. The minimum absolute atomic E-state index is 0.410.